The topological polar surface area (TPSA) is 104 Å². The number of carbonyl (C=O) groups excluding carboxylic acids is 2. The van der Waals surface area contributed by atoms with Gasteiger partial charge in [-0.1, -0.05) is 6.92 Å². The van der Waals surface area contributed by atoms with Crippen molar-refractivity contribution in [2.24, 2.45) is 0 Å². The number of nitrogens with zero attached hydrogens (tertiary/aromatic N) is 2. The van der Waals surface area contributed by atoms with Crippen molar-refractivity contribution in [2.45, 2.75) is 38.6 Å². The molecule has 1 fully saturated rings. The fourth-order valence-electron chi connectivity index (χ4n) is 2.37. The van der Waals surface area contributed by atoms with Crippen LogP contribution in [0.4, 0.5) is 5.82 Å². The summed E-state index contributed by atoms with van der Waals surface area (Å²) in [5.74, 6) is 0.321. The van der Waals surface area contributed by atoms with Gasteiger partial charge < -0.3 is 16.0 Å². The summed E-state index contributed by atoms with van der Waals surface area (Å²) in [6.07, 6.45) is 2.98. The molecule has 0 unspecified atom stereocenters. The molecule has 1 aliphatic rings. The number of hydrogen-bond acceptors (Lipinski definition) is 4. The van der Waals surface area contributed by atoms with Crippen LogP contribution >= 0.6 is 0 Å². The molecule has 0 spiro atoms. The van der Waals surface area contributed by atoms with Gasteiger partial charge in [-0.2, -0.15) is 5.10 Å². The van der Waals surface area contributed by atoms with Crippen molar-refractivity contribution < 1.29 is 9.59 Å². The number of carbonyl (C=O) groups is 2. The molecule has 0 saturated carbocycles. The first kappa shape index (κ1) is 14.4. The number of nitrogens with two attached hydrogens (primary N) is 1. The zero-order valence-corrected chi connectivity index (χ0v) is 11.7. The predicted octanol–water partition coefficient (Wildman–Crippen LogP) is 0.513. The first-order valence-corrected chi connectivity index (χ1v) is 6.99. The van der Waals surface area contributed by atoms with Crippen LogP contribution in [0, 0.1) is 0 Å². The van der Waals surface area contributed by atoms with Gasteiger partial charge in [0.05, 0.1) is 0 Å². The van der Waals surface area contributed by atoms with E-state index in [0.717, 1.165) is 19.3 Å². The quantitative estimate of drug-likeness (QED) is 0.747. The third kappa shape index (κ3) is 3.49. The van der Waals surface area contributed by atoms with Gasteiger partial charge >= 0.3 is 0 Å². The molecule has 1 aromatic heterocycles. The second kappa shape index (κ2) is 6.40. The maximum atomic E-state index is 12.2. The van der Waals surface area contributed by atoms with Gasteiger partial charge in [-0.3, -0.25) is 14.7 Å². The van der Waals surface area contributed by atoms with Crippen LogP contribution in [-0.2, 0) is 4.79 Å². The van der Waals surface area contributed by atoms with E-state index in [1.807, 2.05) is 6.92 Å². The molecule has 1 aliphatic heterocycles. The Balaban J connectivity index is 1.82. The summed E-state index contributed by atoms with van der Waals surface area (Å²) in [6.45, 7) is 3.25. The van der Waals surface area contributed by atoms with Crippen LogP contribution in [-0.4, -0.2) is 46.0 Å². The van der Waals surface area contributed by atoms with Crippen LogP contribution in [0.1, 0.15) is 43.1 Å². The molecule has 20 heavy (non-hydrogen) atoms. The molecule has 4 N–H and O–H groups in total. The number of likely N-dealkylation sites (tertiary alicyclic amines) is 1. The Morgan fingerprint density at radius 2 is 2.20 bits per heavy atom. The minimum absolute atomic E-state index is 0.0902. The van der Waals surface area contributed by atoms with Gasteiger partial charge in [0.25, 0.3) is 5.91 Å². The maximum Gasteiger partial charge on any atom is 0.271 e. The molecule has 2 heterocycles. The first-order valence-electron chi connectivity index (χ1n) is 6.99. The van der Waals surface area contributed by atoms with E-state index in [1.165, 1.54) is 6.07 Å². The third-order valence-corrected chi connectivity index (χ3v) is 3.45. The number of aromatic nitrogens is 2. The molecule has 1 aromatic rings. The zero-order valence-electron chi connectivity index (χ0n) is 11.7. The van der Waals surface area contributed by atoms with Gasteiger partial charge in [0.1, 0.15) is 11.5 Å². The molecule has 2 amide bonds. The lowest BCUT2D eigenvalue weighted by atomic mass is 10.0. The average molecular weight is 279 g/mol. The molecule has 7 nitrogen and oxygen atoms in total. The Morgan fingerprint density at radius 1 is 1.50 bits per heavy atom. The van der Waals surface area contributed by atoms with Crippen molar-refractivity contribution in [1.29, 1.82) is 0 Å². The van der Waals surface area contributed by atoms with Crippen molar-refractivity contribution in [3.63, 3.8) is 0 Å². The van der Waals surface area contributed by atoms with Crippen LogP contribution in [0.15, 0.2) is 6.07 Å². The lowest BCUT2D eigenvalue weighted by molar-refractivity contribution is -0.122. The van der Waals surface area contributed by atoms with E-state index < -0.39 is 0 Å². The summed E-state index contributed by atoms with van der Waals surface area (Å²) >= 11 is 0. The lowest BCUT2D eigenvalue weighted by Crippen LogP contribution is -2.46. The molecule has 1 saturated heterocycles. The van der Waals surface area contributed by atoms with E-state index in [2.05, 4.69) is 15.5 Å². The molecular weight excluding hydrogens is 258 g/mol. The molecule has 0 radical (unpaired) electrons. The summed E-state index contributed by atoms with van der Waals surface area (Å²) in [5, 5.41) is 9.39. The van der Waals surface area contributed by atoms with Gasteiger partial charge in [-0.15, -0.1) is 0 Å². The number of hydrogen-bond donors (Lipinski definition) is 3. The Kier molecular flexibility index (Phi) is 4.60. The first-order chi connectivity index (χ1) is 9.60. The van der Waals surface area contributed by atoms with Crippen LogP contribution in [0.5, 0.6) is 0 Å². The number of nitrogens with one attached hydrogen (secondary N) is 2. The molecule has 0 aromatic carbocycles. The monoisotopic (exact) mass is 279 g/mol. The SMILES string of the molecule is CCCC(=O)NC1CCN(C(=O)c2cc(N)n[nH]2)CC1. The number of H-pyrrole nitrogens is 1. The van der Waals surface area contributed by atoms with Crippen molar-refractivity contribution in [3.8, 4) is 0 Å². The highest BCUT2D eigenvalue weighted by molar-refractivity contribution is 5.93. The van der Waals surface area contributed by atoms with E-state index in [9.17, 15) is 9.59 Å². The van der Waals surface area contributed by atoms with Gasteiger partial charge in [-0.05, 0) is 19.3 Å². The minimum Gasteiger partial charge on any atom is -0.382 e. The molecule has 110 valence electrons. The van der Waals surface area contributed by atoms with Crippen molar-refractivity contribution in [3.05, 3.63) is 11.8 Å². The van der Waals surface area contributed by atoms with Gasteiger partial charge in [0, 0.05) is 31.6 Å². The van der Waals surface area contributed by atoms with Gasteiger partial charge in [-0.25, -0.2) is 0 Å². The molecule has 0 bridgehead atoms. The highest BCUT2D eigenvalue weighted by atomic mass is 16.2. The fraction of sp³-hybridized carbons (Fsp3) is 0.615. The van der Waals surface area contributed by atoms with Crippen molar-refractivity contribution in [2.75, 3.05) is 18.8 Å². The van der Waals surface area contributed by atoms with Gasteiger partial charge in [0.2, 0.25) is 5.91 Å². The fourth-order valence-corrected chi connectivity index (χ4v) is 2.37. The highest BCUT2D eigenvalue weighted by Gasteiger charge is 2.25. The Labute approximate surface area is 117 Å². The third-order valence-electron chi connectivity index (χ3n) is 3.45. The summed E-state index contributed by atoms with van der Waals surface area (Å²) in [4.78, 5) is 25.4. The molecular formula is C13H21N5O2. The van der Waals surface area contributed by atoms with E-state index in [1.54, 1.807) is 4.90 Å². The van der Waals surface area contributed by atoms with E-state index in [4.69, 9.17) is 5.73 Å². The second-order valence-electron chi connectivity index (χ2n) is 5.09. The smallest absolute Gasteiger partial charge is 0.271 e. The van der Waals surface area contributed by atoms with E-state index in [0.29, 0.717) is 31.0 Å². The number of nitrogen functional groups attached to an aromatic ring is 1. The van der Waals surface area contributed by atoms with Crippen LogP contribution in [0.2, 0.25) is 0 Å². The average Bonchev–Trinajstić information content (AvgIpc) is 2.86. The van der Waals surface area contributed by atoms with E-state index in [-0.39, 0.29) is 17.9 Å². The number of aromatic amines is 1. The van der Waals surface area contributed by atoms with Gasteiger partial charge in [0.15, 0.2) is 0 Å². The van der Waals surface area contributed by atoms with Crippen LogP contribution in [0.25, 0.3) is 0 Å². The number of amides is 2. The number of anilines is 1. The Hall–Kier alpha value is -2.05. The Bertz CT molecular complexity index is 477. The highest BCUT2D eigenvalue weighted by Crippen LogP contribution is 2.14. The normalized spacial score (nSPS) is 16.1. The summed E-state index contributed by atoms with van der Waals surface area (Å²) in [6, 6.07) is 1.71. The molecule has 7 heteroatoms. The molecule has 0 atom stereocenters. The van der Waals surface area contributed by atoms with Crippen molar-refractivity contribution >= 4 is 17.6 Å². The number of rotatable bonds is 4. The minimum atomic E-state index is -0.0902. The van der Waals surface area contributed by atoms with E-state index >= 15 is 0 Å². The zero-order chi connectivity index (χ0) is 14.5. The largest absolute Gasteiger partial charge is 0.382 e. The second-order valence-corrected chi connectivity index (χ2v) is 5.09. The maximum absolute atomic E-state index is 12.2. The Morgan fingerprint density at radius 3 is 2.75 bits per heavy atom. The van der Waals surface area contributed by atoms with Crippen LogP contribution < -0.4 is 11.1 Å². The summed E-state index contributed by atoms with van der Waals surface area (Å²) < 4.78 is 0. The summed E-state index contributed by atoms with van der Waals surface area (Å²) in [5.41, 5.74) is 5.90. The molecule has 0 aliphatic carbocycles. The standard InChI is InChI=1S/C13H21N5O2/c1-2-3-12(19)15-9-4-6-18(7-5-9)13(20)10-8-11(14)17-16-10/h8-9H,2-7H2,1H3,(H,15,19)(H3,14,16,17). The number of piperidine rings is 1. The van der Waals surface area contributed by atoms with Crippen LogP contribution in [0.3, 0.4) is 0 Å². The van der Waals surface area contributed by atoms with Crippen molar-refractivity contribution in [1.82, 2.24) is 20.4 Å². The lowest BCUT2D eigenvalue weighted by Gasteiger charge is -2.32. The molecule has 2 rings (SSSR count). The summed E-state index contributed by atoms with van der Waals surface area (Å²) in [7, 11) is 0. The predicted molar refractivity (Wildman–Crippen MR) is 75.0 cm³/mol.